The van der Waals surface area contributed by atoms with Gasteiger partial charge in [0.15, 0.2) is 0 Å². The number of nitrogens with zero attached hydrogens (tertiary/aromatic N) is 1. The van der Waals surface area contributed by atoms with E-state index in [1.807, 2.05) is 0 Å². The first kappa shape index (κ1) is 13.1. The van der Waals surface area contributed by atoms with Crippen molar-refractivity contribution in [3.05, 3.63) is 35.9 Å². The second-order valence-corrected chi connectivity index (χ2v) is 6.62. The second-order valence-electron chi connectivity index (χ2n) is 6.62. The molecule has 2 aliphatic heterocycles. The molecule has 1 N–H and O–H groups in total. The second kappa shape index (κ2) is 5.26. The van der Waals surface area contributed by atoms with Crippen LogP contribution in [0.25, 0.3) is 0 Å². The van der Waals surface area contributed by atoms with Gasteiger partial charge in [-0.3, -0.25) is 4.90 Å². The summed E-state index contributed by atoms with van der Waals surface area (Å²) in [5.74, 6) is 2.38. The quantitative estimate of drug-likeness (QED) is 0.897. The molecule has 4 atom stereocenters. The molecule has 1 aromatic rings. The molecule has 0 aliphatic carbocycles. The van der Waals surface area contributed by atoms with Crippen molar-refractivity contribution in [2.75, 3.05) is 19.6 Å². The number of nitrogens with one attached hydrogen (secondary N) is 1. The van der Waals surface area contributed by atoms with E-state index < -0.39 is 0 Å². The monoisotopic (exact) mass is 258 g/mol. The third kappa shape index (κ3) is 2.32. The van der Waals surface area contributed by atoms with E-state index >= 15 is 0 Å². The minimum Gasteiger partial charge on any atom is -0.316 e. The Morgan fingerprint density at radius 2 is 1.89 bits per heavy atom. The van der Waals surface area contributed by atoms with Gasteiger partial charge in [-0.2, -0.15) is 0 Å². The van der Waals surface area contributed by atoms with Gasteiger partial charge in [0.05, 0.1) is 0 Å². The van der Waals surface area contributed by atoms with Crippen LogP contribution in [-0.2, 0) is 0 Å². The molecule has 3 rings (SSSR count). The molecule has 2 nitrogen and oxygen atoms in total. The lowest BCUT2D eigenvalue weighted by atomic mass is 9.92. The lowest BCUT2D eigenvalue weighted by molar-refractivity contribution is 0.133. The maximum absolute atomic E-state index is 3.56. The minimum absolute atomic E-state index is 0.571. The van der Waals surface area contributed by atoms with Gasteiger partial charge in [-0.25, -0.2) is 0 Å². The van der Waals surface area contributed by atoms with Crippen LogP contribution in [0.5, 0.6) is 0 Å². The van der Waals surface area contributed by atoms with Gasteiger partial charge in [0.25, 0.3) is 0 Å². The highest BCUT2D eigenvalue weighted by molar-refractivity contribution is 5.21. The zero-order valence-corrected chi connectivity index (χ0v) is 12.3. The van der Waals surface area contributed by atoms with Crippen LogP contribution in [0, 0.1) is 17.8 Å². The van der Waals surface area contributed by atoms with Crippen molar-refractivity contribution in [1.29, 1.82) is 0 Å². The highest BCUT2D eigenvalue weighted by Crippen LogP contribution is 2.40. The van der Waals surface area contributed by atoms with Crippen molar-refractivity contribution < 1.29 is 0 Å². The molecule has 1 aromatic carbocycles. The fourth-order valence-corrected chi connectivity index (χ4v) is 4.18. The van der Waals surface area contributed by atoms with Crippen molar-refractivity contribution in [2.45, 2.75) is 32.9 Å². The largest absolute Gasteiger partial charge is 0.316 e. The van der Waals surface area contributed by atoms with Crippen LogP contribution in [0.2, 0.25) is 0 Å². The van der Waals surface area contributed by atoms with Gasteiger partial charge in [0, 0.05) is 18.6 Å². The highest BCUT2D eigenvalue weighted by Gasteiger charge is 2.44. The number of likely N-dealkylation sites (tertiary alicyclic amines) is 1. The third-order valence-electron chi connectivity index (χ3n) is 5.11. The van der Waals surface area contributed by atoms with E-state index in [9.17, 15) is 0 Å². The predicted molar refractivity (Wildman–Crippen MR) is 80.0 cm³/mol. The van der Waals surface area contributed by atoms with Gasteiger partial charge in [0.1, 0.15) is 0 Å². The fourth-order valence-electron chi connectivity index (χ4n) is 4.18. The summed E-state index contributed by atoms with van der Waals surface area (Å²) >= 11 is 0. The Morgan fingerprint density at radius 1 is 1.16 bits per heavy atom. The van der Waals surface area contributed by atoms with E-state index in [1.165, 1.54) is 25.2 Å². The highest BCUT2D eigenvalue weighted by atomic mass is 15.2. The Balaban J connectivity index is 1.86. The van der Waals surface area contributed by atoms with Gasteiger partial charge < -0.3 is 5.32 Å². The summed E-state index contributed by atoms with van der Waals surface area (Å²) in [6.07, 6.45) is 0. The molecule has 2 aliphatic rings. The molecule has 0 saturated carbocycles. The van der Waals surface area contributed by atoms with E-state index in [0.29, 0.717) is 18.0 Å². The van der Waals surface area contributed by atoms with Gasteiger partial charge in [-0.15, -0.1) is 0 Å². The summed E-state index contributed by atoms with van der Waals surface area (Å²) < 4.78 is 0. The molecule has 0 aromatic heterocycles. The zero-order valence-electron chi connectivity index (χ0n) is 12.3. The van der Waals surface area contributed by atoms with Crippen molar-refractivity contribution in [3.63, 3.8) is 0 Å². The van der Waals surface area contributed by atoms with Gasteiger partial charge >= 0.3 is 0 Å². The van der Waals surface area contributed by atoms with Gasteiger partial charge in [-0.1, -0.05) is 44.2 Å². The smallest absolute Gasteiger partial charge is 0.0374 e. The molecule has 4 unspecified atom stereocenters. The molecule has 2 heterocycles. The van der Waals surface area contributed by atoms with E-state index in [0.717, 1.165) is 11.8 Å². The van der Waals surface area contributed by atoms with E-state index in [4.69, 9.17) is 0 Å². The molecule has 2 saturated heterocycles. The van der Waals surface area contributed by atoms with Gasteiger partial charge in [0.2, 0.25) is 0 Å². The Labute approximate surface area is 117 Å². The number of hydrogen-bond acceptors (Lipinski definition) is 2. The molecule has 104 valence electrons. The fraction of sp³-hybridized carbons (Fsp3) is 0.647. The maximum Gasteiger partial charge on any atom is 0.0374 e. The number of hydrogen-bond donors (Lipinski definition) is 1. The molecule has 0 bridgehead atoms. The van der Waals surface area contributed by atoms with Crippen LogP contribution in [0.15, 0.2) is 30.3 Å². The van der Waals surface area contributed by atoms with E-state index in [-0.39, 0.29) is 0 Å². The average molecular weight is 258 g/mol. The molecule has 2 fully saturated rings. The van der Waals surface area contributed by atoms with Crippen LogP contribution in [0.3, 0.4) is 0 Å². The molecular weight excluding hydrogens is 232 g/mol. The Hall–Kier alpha value is -0.860. The van der Waals surface area contributed by atoms with E-state index in [2.05, 4.69) is 61.3 Å². The van der Waals surface area contributed by atoms with Crippen molar-refractivity contribution >= 4 is 0 Å². The minimum atomic E-state index is 0.571. The summed E-state index contributed by atoms with van der Waals surface area (Å²) in [6.45, 7) is 10.8. The standard InChI is InChI=1S/C17H26N2/c1-12(2)17(14-7-5-4-6-8-14)19-11-15-9-18-10-16(15)13(19)3/h4-8,12-13,15-18H,9-11H2,1-3H3. The number of benzene rings is 1. The Bertz CT molecular complexity index is 415. The normalized spacial score (nSPS) is 32.7. The van der Waals surface area contributed by atoms with Crippen molar-refractivity contribution in [1.82, 2.24) is 10.2 Å². The first-order chi connectivity index (χ1) is 9.18. The summed E-state index contributed by atoms with van der Waals surface area (Å²) in [6, 6.07) is 12.3. The summed E-state index contributed by atoms with van der Waals surface area (Å²) in [4.78, 5) is 2.76. The molecular formula is C17H26N2. The lowest BCUT2D eigenvalue weighted by Gasteiger charge is -2.36. The summed E-state index contributed by atoms with van der Waals surface area (Å²) in [5, 5.41) is 3.56. The molecule has 19 heavy (non-hydrogen) atoms. The topological polar surface area (TPSA) is 15.3 Å². The maximum atomic E-state index is 3.56. The first-order valence-corrected chi connectivity index (χ1v) is 7.70. The average Bonchev–Trinajstić information content (AvgIpc) is 2.96. The Morgan fingerprint density at radius 3 is 2.53 bits per heavy atom. The SMILES string of the molecule is CC(C)C(c1ccccc1)N1CC2CNCC2C1C. The van der Waals surface area contributed by atoms with Crippen LogP contribution in [-0.4, -0.2) is 30.6 Å². The number of fused-ring (bicyclic) bond motifs is 1. The summed E-state index contributed by atoms with van der Waals surface area (Å²) in [5.41, 5.74) is 1.48. The van der Waals surface area contributed by atoms with Crippen LogP contribution in [0.4, 0.5) is 0 Å². The lowest BCUT2D eigenvalue weighted by Crippen LogP contribution is -2.38. The zero-order chi connectivity index (χ0) is 13.4. The predicted octanol–water partition coefficient (Wildman–Crippen LogP) is 2.92. The van der Waals surface area contributed by atoms with Gasteiger partial charge in [-0.05, 0) is 43.3 Å². The Kier molecular flexibility index (Phi) is 3.64. The van der Waals surface area contributed by atoms with Crippen LogP contribution < -0.4 is 5.32 Å². The van der Waals surface area contributed by atoms with Crippen molar-refractivity contribution in [2.24, 2.45) is 17.8 Å². The summed E-state index contributed by atoms with van der Waals surface area (Å²) in [7, 11) is 0. The molecule has 0 radical (unpaired) electrons. The van der Waals surface area contributed by atoms with Crippen LogP contribution >= 0.6 is 0 Å². The molecule has 0 amide bonds. The number of rotatable bonds is 3. The van der Waals surface area contributed by atoms with Crippen molar-refractivity contribution in [3.8, 4) is 0 Å². The first-order valence-electron chi connectivity index (χ1n) is 7.70. The molecule has 2 heteroatoms. The van der Waals surface area contributed by atoms with E-state index in [1.54, 1.807) is 0 Å². The van der Waals surface area contributed by atoms with Crippen LogP contribution in [0.1, 0.15) is 32.4 Å². The molecule has 0 spiro atoms. The third-order valence-corrected chi connectivity index (χ3v) is 5.11.